The minimum absolute atomic E-state index is 0.287. The van der Waals surface area contributed by atoms with Crippen LogP contribution in [0, 0.1) is 12.3 Å². The van der Waals surface area contributed by atoms with Gasteiger partial charge in [-0.05, 0) is 42.8 Å². The van der Waals surface area contributed by atoms with Gasteiger partial charge in [-0.2, -0.15) is 4.99 Å². The Morgan fingerprint density at radius 1 is 1.19 bits per heavy atom. The summed E-state index contributed by atoms with van der Waals surface area (Å²) in [7, 11) is 0. The molecule has 0 aliphatic heterocycles. The fourth-order valence-corrected chi connectivity index (χ4v) is 3.77. The SMILES string of the molecule is C#CCn1c(=NC(=O)c2ccc(OCCCCC)cc2)sc2ccccc21. The minimum Gasteiger partial charge on any atom is -0.494 e. The zero-order valence-corrected chi connectivity index (χ0v) is 16.2. The van der Waals surface area contributed by atoms with E-state index >= 15 is 0 Å². The summed E-state index contributed by atoms with van der Waals surface area (Å²) < 4.78 is 8.63. The van der Waals surface area contributed by atoms with Crippen LogP contribution in [-0.2, 0) is 6.54 Å². The third kappa shape index (κ3) is 4.66. The van der Waals surface area contributed by atoms with E-state index < -0.39 is 0 Å². The van der Waals surface area contributed by atoms with E-state index in [-0.39, 0.29) is 5.91 Å². The highest BCUT2D eigenvalue weighted by molar-refractivity contribution is 7.16. The van der Waals surface area contributed by atoms with Crippen molar-refractivity contribution in [3.63, 3.8) is 0 Å². The summed E-state index contributed by atoms with van der Waals surface area (Å²) in [5, 5.41) is 0. The number of benzene rings is 2. The second-order valence-corrected chi connectivity index (χ2v) is 7.15. The summed E-state index contributed by atoms with van der Waals surface area (Å²) in [5.41, 5.74) is 1.52. The highest BCUT2D eigenvalue weighted by atomic mass is 32.1. The first-order valence-corrected chi connectivity index (χ1v) is 9.88. The average molecular weight is 378 g/mol. The van der Waals surface area contributed by atoms with Gasteiger partial charge in [-0.3, -0.25) is 4.79 Å². The number of amides is 1. The summed E-state index contributed by atoms with van der Waals surface area (Å²) in [5.74, 6) is 3.12. The fraction of sp³-hybridized carbons (Fsp3) is 0.273. The number of fused-ring (bicyclic) bond motifs is 1. The van der Waals surface area contributed by atoms with E-state index in [9.17, 15) is 4.79 Å². The van der Waals surface area contributed by atoms with Gasteiger partial charge in [-0.15, -0.1) is 6.42 Å². The summed E-state index contributed by atoms with van der Waals surface area (Å²) in [4.78, 5) is 17.5. The predicted molar refractivity (Wildman–Crippen MR) is 110 cm³/mol. The third-order valence-corrected chi connectivity index (χ3v) is 5.21. The number of ether oxygens (including phenoxy) is 1. The van der Waals surface area contributed by atoms with Gasteiger partial charge in [0.2, 0.25) is 0 Å². The van der Waals surface area contributed by atoms with E-state index in [2.05, 4.69) is 17.8 Å². The lowest BCUT2D eigenvalue weighted by atomic mass is 10.2. The lowest BCUT2D eigenvalue weighted by Gasteiger charge is -2.05. The number of para-hydroxylation sites is 1. The summed E-state index contributed by atoms with van der Waals surface area (Å²) in [6, 6.07) is 15.0. The standard InChI is InChI=1S/C22H22N2O2S/c1-3-5-8-16-26-18-13-11-17(12-14-18)21(25)23-22-24(15-4-2)19-9-6-7-10-20(19)27-22/h2,6-7,9-14H,3,5,8,15-16H2,1H3. The molecule has 2 aromatic carbocycles. The molecule has 0 aliphatic carbocycles. The van der Waals surface area contributed by atoms with Crippen molar-refractivity contribution < 1.29 is 9.53 Å². The van der Waals surface area contributed by atoms with Crippen molar-refractivity contribution in [3.05, 3.63) is 58.9 Å². The van der Waals surface area contributed by atoms with E-state index in [1.165, 1.54) is 11.3 Å². The number of unbranched alkanes of at least 4 members (excludes halogenated alkanes) is 2. The van der Waals surface area contributed by atoms with Gasteiger partial charge in [0, 0.05) is 5.56 Å². The zero-order valence-electron chi connectivity index (χ0n) is 15.4. The van der Waals surface area contributed by atoms with Gasteiger partial charge in [0.05, 0.1) is 23.4 Å². The molecule has 0 aliphatic rings. The van der Waals surface area contributed by atoms with E-state index in [1.807, 2.05) is 41.0 Å². The Morgan fingerprint density at radius 2 is 1.96 bits per heavy atom. The maximum absolute atomic E-state index is 12.6. The molecule has 0 radical (unpaired) electrons. The van der Waals surface area contributed by atoms with Crippen LogP contribution < -0.4 is 9.54 Å². The van der Waals surface area contributed by atoms with Gasteiger partial charge < -0.3 is 9.30 Å². The maximum Gasteiger partial charge on any atom is 0.279 e. The Hall–Kier alpha value is -2.84. The number of nitrogens with zero attached hydrogens (tertiary/aromatic N) is 2. The molecule has 3 rings (SSSR count). The number of hydrogen-bond acceptors (Lipinski definition) is 3. The molecule has 5 heteroatoms. The molecule has 27 heavy (non-hydrogen) atoms. The quantitative estimate of drug-likeness (QED) is 0.444. The van der Waals surface area contributed by atoms with Crippen LogP contribution in [0.5, 0.6) is 5.75 Å². The monoisotopic (exact) mass is 378 g/mol. The normalized spacial score (nSPS) is 11.5. The Balaban J connectivity index is 1.81. The van der Waals surface area contributed by atoms with Crippen molar-refractivity contribution in [3.8, 4) is 18.1 Å². The van der Waals surface area contributed by atoms with Gasteiger partial charge in [0.25, 0.3) is 5.91 Å². The van der Waals surface area contributed by atoms with Crippen LogP contribution >= 0.6 is 11.3 Å². The van der Waals surface area contributed by atoms with Gasteiger partial charge >= 0.3 is 0 Å². The topological polar surface area (TPSA) is 43.6 Å². The Morgan fingerprint density at radius 3 is 2.70 bits per heavy atom. The average Bonchev–Trinajstić information content (AvgIpc) is 3.03. The fourth-order valence-electron chi connectivity index (χ4n) is 2.74. The first kappa shape index (κ1) is 18.9. The van der Waals surface area contributed by atoms with Gasteiger partial charge in [0.1, 0.15) is 5.75 Å². The van der Waals surface area contributed by atoms with Crippen LogP contribution in [0.1, 0.15) is 36.5 Å². The largest absolute Gasteiger partial charge is 0.494 e. The van der Waals surface area contributed by atoms with Crippen molar-refractivity contribution in [2.24, 2.45) is 4.99 Å². The van der Waals surface area contributed by atoms with Crippen LogP contribution in [0.3, 0.4) is 0 Å². The molecule has 0 saturated heterocycles. The summed E-state index contributed by atoms with van der Waals surface area (Å²) >= 11 is 1.46. The zero-order chi connectivity index (χ0) is 19.1. The molecule has 138 valence electrons. The van der Waals surface area contributed by atoms with Crippen molar-refractivity contribution in [2.75, 3.05) is 6.61 Å². The number of terminal acetylenes is 1. The molecule has 3 aromatic rings. The molecule has 0 saturated carbocycles. The maximum atomic E-state index is 12.6. The van der Waals surface area contributed by atoms with Crippen LogP contribution in [0.25, 0.3) is 10.2 Å². The van der Waals surface area contributed by atoms with Crippen LogP contribution in [-0.4, -0.2) is 17.1 Å². The minimum atomic E-state index is -0.287. The molecular formula is C22H22N2O2S. The Labute approximate surface area is 163 Å². The van der Waals surface area contributed by atoms with Crippen molar-refractivity contribution in [1.29, 1.82) is 0 Å². The van der Waals surface area contributed by atoms with Crippen LogP contribution in [0.4, 0.5) is 0 Å². The van der Waals surface area contributed by atoms with Crippen molar-refractivity contribution in [1.82, 2.24) is 4.57 Å². The van der Waals surface area contributed by atoms with Crippen LogP contribution in [0.2, 0.25) is 0 Å². The molecule has 0 fully saturated rings. The van der Waals surface area contributed by atoms with Crippen molar-refractivity contribution >= 4 is 27.5 Å². The lowest BCUT2D eigenvalue weighted by Crippen LogP contribution is -2.16. The molecule has 0 unspecified atom stereocenters. The van der Waals surface area contributed by atoms with Crippen LogP contribution in [0.15, 0.2) is 53.5 Å². The Bertz CT molecular complexity index is 1020. The van der Waals surface area contributed by atoms with Crippen molar-refractivity contribution in [2.45, 2.75) is 32.7 Å². The van der Waals surface area contributed by atoms with Gasteiger partial charge in [-0.25, -0.2) is 0 Å². The molecule has 0 atom stereocenters. The first-order chi connectivity index (χ1) is 13.2. The van der Waals surface area contributed by atoms with E-state index in [0.29, 0.717) is 23.5 Å². The van der Waals surface area contributed by atoms with Gasteiger partial charge in [-0.1, -0.05) is 49.2 Å². The predicted octanol–water partition coefficient (Wildman–Crippen LogP) is 4.65. The second kappa shape index (κ2) is 9.20. The molecule has 1 aromatic heterocycles. The third-order valence-electron chi connectivity index (χ3n) is 4.15. The number of aromatic nitrogens is 1. The Kier molecular flexibility index (Phi) is 6.45. The number of thiazole rings is 1. The van der Waals surface area contributed by atoms with E-state index in [4.69, 9.17) is 11.2 Å². The molecule has 0 N–H and O–H groups in total. The highest BCUT2D eigenvalue weighted by Gasteiger charge is 2.09. The summed E-state index contributed by atoms with van der Waals surface area (Å²) in [6.45, 7) is 3.23. The molecular weight excluding hydrogens is 356 g/mol. The highest BCUT2D eigenvalue weighted by Crippen LogP contribution is 2.17. The number of carbonyl (C=O) groups is 1. The number of carbonyl (C=O) groups excluding carboxylic acids is 1. The molecule has 0 bridgehead atoms. The lowest BCUT2D eigenvalue weighted by molar-refractivity contribution is 0.0998. The molecule has 1 heterocycles. The first-order valence-electron chi connectivity index (χ1n) is 9.06. The summed E-state index contributed by atoms with van der Waals surface area (Å²) in [6.07, 6.45) is 8.84. The molecule has 1 amide bonds. The number of rotatable bonds is 7. The number of hydrogen-bond donors (Lipinski definition) is 0. The van der Waals surface area contributed by atoms with E-state index in [0.717, 1.165) is 35.2 Å². The van der Waals surface area contributed by atoms with Gasteiger partial charge in [0.15, 0.2) is 4.80 Å². The molecule has 4 nitrogen and oxygen atoms in total. The molecule has 0 spiro atoms. The smallest absolute Gasteiger partial charge is 0.279 e. The second-order valence-electron chi connectivity index (χ2n) is 6.14. The van der Waals surface area contributed by atoms with E-state index in [1.54, 1.807) is 12.1 Å².